The SMILES string of the molecule is CC1(C)Cc2cc(CNCc3ccccc3)ccc2O1. The third-order valence-corrected chi connectivity index (χ3v) is 3.63. The highest BCUT2D eigenvalue weighted by molar-refractivity contribution is 5.41. The molecule has 1 aliphatic rings. The molecule has 0 saturated heterocycles. The Hall–Kier alpha value is -1.80. The first-order chi connectivity index (χ1) is 9.62. The molecule has 3 rings (SSSR count). The molecule has 1 N–H and O–H groups in total. The van der Waals surface area contributed by atoms with Crippen molar-refractivity contribution in [2.24, 2.45) is 0 Å². The third kappa shape index (κ3) is 3.02. The standard InChI is InChI=1S/C18H21NO/c1-18(2)11-16-10-15(8-9-17(16)20-18)13-19-12-14-6-4-3-5-7-14/h3-10,19H,11-13H2,1-2H3. The molecule has 0 aliphatic carbocycles. The Labute approximate surface area is 120 Å². The topological polar surface area (TPSA) is 21.3 Å². The van der Waals surface area contributed by atoms with Crippen LogP contribution in [0, 0.1) is 0 Å². The van der Waals surface area contributed by atoms with Crippen LogP contribution in [-0.2, 0) is 19.5 Å². The average molecular weight is 267 g/mol. The van der Waals surface area contributed by atoms with Crippen molar-refractivity contribution in [2.45, 2.75) is 39.0 Å². The van der Waals surface area contributed by atoms with Gasteiger partial charge in [0.2, 0.25) is 0 Å². The zero-order valence-electron chi connectivity index (χ0n) is 12.1. The molecular weight excluding hydrogens is 246 g/mol. The molecule has 20 heavy (non-hydrogen) atoms. The number of benzene rings is 2. The normalized spacial score (nSPS) is 15.7. The van der Waals surface area contributed by atoms with Gasteiger partial charge in [-0.2, -0.15) is 0 Å². The highest BCUT2D eigenvalue weighted by Crippen LogP contribution is 2.35. The minimum absolute atomic E-state index is 0.0571. The molecule has 0 amide bonds. The number of hydrogen-bond donors (Lipinski definition) is 1. The van der Waals surface area contributed by atoms with Gasteiger partial charge in [-0.3, -0.25) is 0 Å². The van der Waals surface area contributed by atoms with Gasteiger partial charge >= 0.3 is 0 Å². The van der Waals surface area contributed by atoms with Gasteiger partial charge < -0.3 is 10.1 Å². The highest BCUT2D eigenvalue weighted by Gasteiger charge is 2.29. The summed E-state index contributed by atoms with van der Waals surface area (Å²) in [5.41, 5.74) is 3.91. The Bertz CT molecular complexity index is 590. The molecule has 104 valence electrons. The van der Waals surface area contributed by atoms with Gasteiger partial charge in [-0.25, -0.2) is 0 Å². The van der Waals surface area contributed by atoms with Crippen molar-refractivity contribution in [1.82, 2.24) is 5.32 Å². The Kier molecular flexibility index (Phi) is 3.49. The maximum Gasteiger partial charge on any atom is 0.123 e. The smallest absolute Gasteiger partial charge is 0.123 e. The van der Waals surface area contributed by atoms with Gasteiger partial charge in [0.05, 0.1) is 0 Å². The molecule has 0 spiro atoms. The van der Waals surface area contributed by atoms with E-state index >= 15 is 0 Å². The second-order valence-corrected chi connectivity index (χ2v) is 6.07. The van der Waals surface area contributed by atoms with Crippen LogP contribution in [0.15, 0.2) is 48.5 Å². The lowest BCUT2D eigenvalue weighted by Gasteiger charge is -2.16. The van der Waals surface area contributed by atoms with Crippen molar-refractivity contribution in [1.29, 1.82) is 0 Å². The fraction of sp³-hybridized carbons (Fsp3) is 0.333. The summed E-state index contributed by atoms with van der Waals surface area (Å²) in [6, 6.07) is 17.0. The van der Waals surface area contributed by atoms with Crippen LogP contribution in [0.1, 0.15) is 30.5 Å². The van der Waals surface area contributed by atoms with E-state index in [4.69, 9.17) is 4.74 Å². The molecule has 1 heterocycles. The molecular formula is C18H21NO. The van der Waals surface area contributed by atoms with Crippen LogP contribution in [0.4, 0.5) is 0 Å². The molecule has 0 saturated carbocycles. The van der Waals surface area contributed by atoms with Crippen LogP contribution < -0.4 is 10.1 Å². The van der Waals surface area contributed by atoms with Gasteiger partial charge in [0.25, 0.3) is 0 Å². The van der Waals surface area contributed by atoms with Crippen LogP contribution in [0.3, 0.4) is 0 Å². The van der Waals surface area contributed by atoms with Crippen LogP contribution in [0.5, 0.6) is 5.75 Å². The van der Waals surface area contributed by atoms with Gasteiger partial charge in [-0.05, 0) is 36.6 Å². The number of nitrogens with one attached hydrogen (secondary N) is 1. The molecule has 0 aromatic heterocycles. The summed E-state index contributed by atoms with van der Waals surface area (Å²) < 4.78 is 5.90. The summed E-state index contributed by atoms with van der Waals surface area (Å²) in [5.74, 6) is 1.04. The van der Waals surface area contributed by atoms with Gasteiger partial charge in [-0.1, -0.05) is 42.5 Å². The summed E-state index contributed by atoms with van der Waals surface area (Å²) in [6.07, 6.45) is 0.995. The van der Waals surface area contributed by atoms with E-state index in [1.54, 1.807) is 0 Å². The van der Waals surface area contributed by atoms with Gasteiger partial charge in [0.1, 0.15) is 11.4 Å². The second-order valence-electron chi connectivity index (χ2n) is 6.07. The summed E-state index contributed by atoms with van der Waals surface area (Å²) in [4.78, 5) is 0. The highest BCUT2D eigenvalue weighted by atomic mass is 16.5. The van der Waals surface area contributed by atoms with E-state index in [9.17, 15) is 0 Å². The van der Waals surface area contributed by atoms with Crippen LogP contribution in [0.25, 0.3) is 0 Å². The van der Waals surface area contributed by atoms with Gasteiger partial charge in [0, 0.05) is 19.5 Å². The molecule has 2 aromatic carbocycles. The first-order valence-corrected chi connectivity index (χ1v) is 7.18. The van der Waals surface area contributed by atoms with Crippen molar-refractivity contribution >= 4 is 0 Å². The van der Waals surface area contributed by atoms with Gasteiger partial charge in [-0.15, -0.1) is 0 Å². The summed E-state index contributed by atoms with van der Waals surface area (Å²) in [6.45, 7) is 6.07. The maximum absolute atomic E-state index is 5.90. The zero-order chi connectivity index (χ0) is 14.0. The number of hydrogen-bond acceptors (Lipinski definition) is 2. The zero-order valence-corrected chi connectivity index (χ0v) is 12.1. The number of rotatable bonds is 4. The van der Waals surface area contributed by atoms with E-state index in [0.717, 1.165) is 25.3 Å². The maximum atomic E-state index is 5.90. The van der Waals surface area contributed by atoms with Crippen LogP contribution >= 0.6 is 0 Å². The Morgan fingerprint density at radius 1 is 1.00 bits per heavy atom. The quantitative estimate of drug-likeness (QED) is 0.912. The third-order valence-electron chi connectivity index (χ3n) is 3.63. The Morgan fingerprint density at radius 2 is 1.75 bits per heavy atom. The lowest BCUT2D eigenvalue weighted by atomic mass is 10.0. The van der Waals surface area contributed by atoms with Gasteiger partial charge in [0.15, 0.2) is 0 Å². The largest absolute Gasteiger partial charge is 0.487 e. The van der Waals surface area contributed by atoms with Crippen molar-refractivity contribution in [2.75, 3.05) is 0 Å². The average Bonchev–Trinajstić information content (AvgIpc) is 2.73. The van der Waals surface area contributed by atoms with E-state index in [2.05, 4.69) is 61.6 Å². The van der Waals surface area contributed by atoms with E-state index in [-0.39, 0.29) is 5.60 Å². The molecule has 0 bridgehead atoms. The predicted molar refractivity (Wildman–Crippen MR) is 81.8 cm³/mol. The molecule has 2 aromatic rings. The molecule has 2 heteroatoms. The predicted octanol–water partition coefficient (Wildman–Crippen LogP) is 3.69. The number of ether oxygens (including phenoxy) is 1. The first kappa shape index (κ1) is 13.2. The summed E-state index contributed by atoms with van der Waals surface area (Å²) in [5, 5.41) is 3.49. The fourth-order valence-corrected chi connectivity index (χ4v) is 2.72. The Balaban J connectivity index is 1.60. The van der Waals surface area contributed by atoms with Crippen molar-refractivity contribution in [3.05, 3.63) is 65.2 Å². The fourth-order valence-electron chi connectivity index (χ4n) is 2.72. The van der Waals surface area contributed by atoms with E-state index < -0.39 is 0 Å². The van der Waals surface area contributed by atoms with E-state index in [1.165, 1.54) is 16.7 Å². The minimum Gasteiger partial charge on any atom is -0.487 e. The monoisotopic (exact) mass is 267 g/mol. The Morgan fingerprint density at radius 3 is 2.55 bits per heavy atom. The van der Waals surface area contributed by atoms with Crippen LogP contribution in [-0.4, -0.2) is 5.60 Å². The van der Waals surface area contributed by atoms with Crippen molar-refractivity contribution in [3.8, 4) is 5.75 Å². The molecule has 0 unspecified atom stereocenters. The van der Waals surface area contributed by atoms with Crippen molar-refractivity contribution < 1.29 is 4.74 Å². The second kappa shape index (κ2) is 5.29. The number of fused-ring (bicyclic) bond motifs is 1. The first-order valence-electron chi connectivity index (χ1n) is 7.18. The summed E-state index contributed by atoms with van der Waals surface area (Å²) >= 11 is 0. The van der Waals surface area contributed by atoms with E-state index in [1.807, 2.05) is 6.07 Å². The van der Waals surface area contributed by atoms with E-state index in [0.29, 0.717) is 0 Å². The van der Waals surface area contributed by atoms with Crippen molar-refractivity contribution in [3.63, 3.8) is 0 Å². The molecule has 0 fully saturated rings. The molecule has 1 aliphatic heterocycles. The minimum atomic E-state index is -0.0571. The molecule has 0 atom stereocenters. The molecule has 0 radical (unpaired) electrons. The lowest BCUT2D eigenvalue weighted by Crippen LogP contribution is -2.24. The molecule has 2 nitrogen and oxygen atoms in total. The summed E-state index contributed by atoms with van der Waals surface area (Å²) in [7, 11) is 0. The lowest BCUT2D eigenvalue weighted by molar-refractivity contribution is 0.138. The van der Waals surface area contributed by atoms with Crippen LogP contribution in [0.2, 0.25) is 0 Å².